The highest BCUT2D eigenvalue weighted by Crippen LogP contribution is 2.14. The second-order valence-corrected chi connectivity index (χ2v) is 4.69. The third-order valence-corrected chi connectivity index (χ3v) is 3.15. The van der Waals surface area contributed by atoms with Crippen LogP contribution in [-0.2, 0) is 6.42 Å². The zero-order valence-electron chi connectivity index (χ0n) is 12.3. The molecule has 1 aromatic rings. The summed E-state index contributed by atoms with van der Waals surface area (Å²) in [5.74, 6) is 0.663. The maximum atomic E-state index is 11.0. The molecule has 19 heavy (non-hydrogen) atoms. The lowest BCUT2D eigenvalue weighted by atomic mass is 10.1. The number of hydrogen-bond donors (Lipinski definition) is 1. The molecule has 0 spiro atoms. The van der Waals surface area contributed by atoms with E-state index in [4.69, 9.17) is 5.11 Å². The van der Waals surface area contributed by atoms with Crippen LogP contribution in [0.2, 0.25) is 0 Å². The molecular formula is C13H22N4O2. The average molecular weight is 266 g/mol. The van der Waals surface area contributed by atoms with Crippen LogP contribution >= 0.6 is 0 Å². The molecule has 6 nitrogen and oxygen atoms in total. The summed E-state index contributed by atoms with van der Waals surface area (Å²) in [6.07, 6.45) is -0.283. The molecule has 0 aliphatic rings. The molecule has 0 fully saturated rings. The molecule has 0 aromatic carbocycles. The SMILES string of the molecule is CCN(CCc1nc(N(C)C)nc(C)c1C)C(=O)O. The van der Waals surface area contributed by atoms with E-state index in [0.717, 1.165) is 17.0 Å². The molecule has 0 atom stereocenters. The van der Waals surface area contributed by atoms with Gasteiger partial charge < -0.3 is 14.9 Å². The first kappa shape index (κ1) is 15.2. The fourth-order valence-electron chi connectivity index (χ4n) is 1.75. The minimum absolute atomic E-state index is 0.454. The number of anilines is 1. The van der Waals surface area contributed by atoms with Crippen molar-refractivity contribution >= 4 is 12.0 Å². The van der Waals surface area contributed by atoms with Crippen molar-refractivity contribution in [3.8, 4) is 0 Å². The molecule has 0 saturated carbocycles. The summed E-state index contributed by atoms with van der Waals surface area (Å²) in [5, 5.41) is 9.00. The topological polar surface area (TPSA) is 69.6 Å². The molecule has 1 rings (SSSR count). The van der Waals surface area contributed by atoms with E-state index in [0.29, 0.717) is 25.5 Å². The summed E-state index contributed by atoms with van der Waals surface area (Å²) in [6, 6.07) is 0. The monoisotopic (exact) mass is 266 g/mol. The number of nitrogens with zero attached hydrogens (tertiary/aromatic N) is 4. The highest BCUT2D eigenvalue weighted by atomic mass is 16.4. The molecule has 1 N–H and O–H groups in total. The van der Waals surface area contributed by atoms with Crippen LogP contribution in [0.5, 0.6) is 0 Å². The molecule has 1 aromatic heterocycles. The first-order valence-corrected chi connectivity index (χ1v) is 6.36. The van der Waals surface area contributed by atoms with Crippen LogP contribution in [-0.4, -0.2) is 53.3 Å². The molecule has 1 heterocycles. The van der Waals surface area contributed by atoms with Crippen molar-refractivity contribution in [1.29, 1.82) is 0 Å². The highest BCUT2D eigenvalue weighted by molar-refractivity contribution is 5.64. The summed E-state index contributed by atoms with van der Waals surface area (Å²) < 4.78 is 0. The Bertz CT molecular complexity index is 460. The summed E-state index contributed by atoms with van der Waals surface area (Å²) >= 11 is 0. The van der Waals surface area contributed by atoms with Crippen molar-refractivity contribution in [3.63, 3.8) is 0 Å². The van der Waals surface area contributed by atoms with Crippen molar-refractivity contribution in [1.82, 2.24) is 14.9 Å². The van der Waals surface area contributed by atoms with Gasteiger partial charge in [0.15, 0.2) is 0 Å². The van der Waals surface area contributed by atoms with E-state index in [9.17, 15) is 4.79 Å². The molecule has 0 aliphatic carbocycles. The molecular weight excluding hydrogens is 244 g/mol. The van der Waals surface area contributed by atoms with E-state index < -0.39 is 6.09 Å². The number of amides is 1. The van der Waals surface area contributed by atoms with Crippen LogP contribution in [0.1, 0.15) is 23.9 Å². The van der Waals surface area contributed by atoms with Crippen molar-refractivity contribution in [3.05, 3.63) is 17.0 Å². The van der Waals surface area contributed by atoms with Crippen LogP contribution in [0.4, 0.5) is 10.7 Å². The van der Waals surface area contributed by atoms with Crippen LogP contribution in [0.15, 0.2) is 0 Å². The first-order chi connectivity index (χ1) is 8.86. The maximum absolute atomic E-state index is 11.0. The summed E-state index contributed by atoms with van der Waals surface area (Å²) in [5.41, 5.74) is 2.88. The average Bonchev–Trinajstić information content (AvgIpc) is 2.34. The Balaban J connectivity index is 2.91. The Labute approximate surface area is 114 Å². The summed E-state index contributed by atoms with van der Waals surface area (Å²) in [4.78, 5) is 23.1. The molecule has 6 heteroatoms. The minimum Gasteiger partial charge on any atom is -0.465 e. The van der Waals surface area contributed by atoms with Gasteiger partial charge in [-0.05, 0) is 26.3 Å². The lowest BCUT2D eigenvalue weighted by Crippen LogP contribution is -2.31. The molecule has 0 saturated heterocycles. The van der Waals surface area contributed by atoms with E-state index in [1.807, 2.05) is 39.8 Å². The van der Waals surface area contributed by atoms with Gasteiger partial charge in [0.05, 0.1) is 5.69 Å². The highest BCUT2D eigenvalue weighted by Gasteiger charge is 2.13. The van der Waals surface area contributed by atoms with Gasteiger partial charge >= 0.3 is 6.09 Å². The van der Waals surface area contributed by atoms with Crippen LogP contribution in [0, 0.1) is 13.8 Å². The predicted octanol–water partition coefficient (Wildman–Crippen LogP) is 1.70. The second-order valence-electron chi connectivity index (χ2n) is 4.69. The number of aryl methyl sites for hydroxylation is 1. The molecule has 0 radical (unpaired) electrons. The van der Waals surface area contributed by atoms with E-state index in [1.165, 1.54) is 4.90 Å². The quantitative estimate of drug-likeness (QED) is 0.878. The smallest absolute Gasteiger partial charge is 0.407 e. The van der Waals surface area contributed by atoms with Crippen molar-refractivity contribution in [2.75, 3.05) is 32.1 Å². The fourth-order valence-corrected chi connectivity index (χ4v) is 1.75. The largest absolute Gasteiger partial charge is 0.465 e. The minimum atomic E-state index is -0.890. The summed E-state index contributed by atoms with van der Waals surface area (Å²) in [7, 11) is 3.78. The fraction of sp³-hybridized carbons (Fsp3) is 0.615. The number of likely N-dealkylation sites (N-methyl/N-ethyl adjacent to an activating group) is 1. The van der Waals surface area contributed by atoms with Gasteiger partial charge in [0, 0.05) is 39.3 Å². The number of carbonyl (C=O) groups is 1. The summed E-state index contributed by atoms with van der Waals surface area (Å²) in [6.45, 7) is 6.69. The Morgan fingerprint density at radius 1 is 1.26 bits per heavy atom. The van der Waals surface area contributed by atoms with Gasteiger partial charge in [0.1, 0.15) is 0 Å². The van der Waals surface area contributed by atoms with Crippen molar-refractivity contribution in [2.24, 2.45) is 0 Å². The second kappa shape index (κ2) is 6.36. The molecule has 106 valence electrons. The molecule has 0 aliphatic heterocycles. The number of carboxylic acid groups (broad SMARTS) is 1. The van der Waals surface area contributed by atoms with Gasteiger partial charge in [-0.2, -0.15) is 0 Å². The van der Waals surface area contributed by atoms with Gasteiger partial charge in [-0.3, -0.25) is 0 Å². The Kier molecular flexibility index (Phi) is 5.09. The third kappa shape index (κ3) is 3.81. The van der Waals surface area contributed by atoms with Crippen molar-refractivity contribution < 1.29 is 9.90 Å². The van der Waals surface area contributed by atoms with E-state index >= 15 is 0 Å². The predicted molar refractivity (Wildman–Crippen MR) is 74.8 cm³/mol. The van der Waals surface area contributed by atoms with E-state index in [1.54, 1.807) is 0 Å². The lowest BCUT2D eigenvalue weighted by Gasteiger charge is -2.19. The Hall–Kier alpha value is -1.85. The van der Waals surface area contributed by atoms with Gasteiger partial charge in [0.25, 0.3) is 0 Å². The van der Waals surface area contributed by atoms with E-state index in [-0.39, 0.29) is 0 Å². The van der Waals surface area contributed by atoms with Crippen LogP contribution in [0.25, 0.3) is 0 Å². The van der Waals surface area contributed by atoms with Gasteiger partial charge in [0.2, 0.25) is 5.95 Å². The Morgan fingerprint density at radius 2 is 1.89 bits per heavy atom. The number of rotatable bonds is 5. The molecule has 0 unspecified atom stereocenters. The molecule has 1 amide bonds. The first-order valence-electron chi connectivity index (χ1n) is 6.36. The zero-order chi connectivity index (χ0) is 14.6. The van der Waals surface area contributed by atoms with Crippen molar-refractivity contribution in [2.45, 2.75) is 27.2 Å². The van der Waals surface area contributed by atoms with E-state index in [2.05, 4.69) is 9.97 Å². The number of hydrogen-bond acceptors (Lipinski definition) is 4. The normalized spacial score (nSPS) is 10.4. The third-order valence-electron chi connectivity index (χ3n) is 3.15. The number of aromatic nitrogens is 2. The van der Waals surface area contributed by atoms with Gasteiger partial charge in [-0.25, -0.2) is 14.8 Å². The zero-order valence-corrected chi connectivity index (χ0v) is 12.3. The standard InChI is InChI=1S/C13H22N4O2/c1-6-17(13(18)19)8-7-11-9(2)10(3)14-12(15-11)16(4)5/h6-8H2,1-5H3,(H,18,19). The lowest BCUT2D eigenvalue weighted by molar-refractivity contribution is 0.148. The maximum Gasteiger partial charge on any atom is 0.407 e. The van der Waals surface area contributed by atoms with Crippen LogP contribution < -0.4 is 4.90 Å². The molecule has 0 bridgehead atoms. The van der Waals surface area contributed by atoms with Gasteiger partial charge in [-0.15, -0.1) is 0 Å². The Morgan fingerprint density at radius 3 is 2.37 bits per heavy atom. The van der Waals surface area contributed by atoms with Crippen LogP contribution in [0.3, 0.4) is 0 Å². The van der Waals surface area contributed by atoms with Gasteiger partial charge in [-0.1, -0.05) is 0 Å².